The molecule has 0 aliphatic carbocycles. The molecular formula is C25H39FeN2S. The van der Waals surface area contributed by atoms with E-state index in [4.69, 9.17) is 0 Å². The van der Waals surface area contributed by atoms with Crippen molar-refractivity contribution >= 4 is 11.3 Å². The molecule has 0 spiro atoms. The summed E-state index contributed by atoms with van der Waals surface area (Å²) in [5, 5.41) is 4.89. The van der Waals surface area contributed by atoms with Crippen LogP contribution in [0.4, 0.5) is 0 Å². The summed E-state index contributed by atoms with van der Waals surface area (Å²) in [6.45, 7) is 26.5. The van der Waals surface area contributed by atoms with E-state index in [0.29, 0.717) is 12.1 Å². The van der Waals surface area contributed by atoms with E-state index in [1.807, 2.05) is 17.5 Å². The maximum atomic E-state index is 2.90. The number of rotatable bonds is 2. The van der Waals surface area contributed by atoms with Crippen LogP contribution in [-0.2, 0) is 17.1 Å². The first-order chi connectivity index (χ1) is 13.0. The Labute approximate surface area is 194 Å². The second-order valence-corrected chi connectivity index (χ2v) is 8.89. The maximum Gasteiger partial charge on any atom is 3.00 e. The predicted molar refractivity (Wildman–Crippen MR) is 125 cm³/mol. The van der Waals surface area contributed by atoms with Gasteiger partial charge in [-0.1, -0.05) is 34.6 Å². The van der Waals surface area contributed by atoms with Gasteiger partial charge in [0.2, 0.25) is 0 Å². The molecule has 0 bridgehead atoms. The van der Waals surface area contributed by atoms with Gasteiger partial charge in [-0.2, -0.15) is 45.9 Å². The first kappa shape index (κ1) is 27.9. The Balaban J connectivity index is 0.000000433. The van der Waals surface area contributed by atoms with Gasteiger partial charge in [0, 0.05) is 0 Å². The van der Waals surface area contributed by atoms with Gasteiger partial charge in [0.1, 0.15) is 0 Å². The van der Waals surface area contributed by atoms with E-state index >= 15 is 0 Å². The van der Waals surface area contributed by atoms with E-state index in [-0.39, 0.29) is 17.1 Å². The standard InChI is InChI=1S/C11H21N2.C10H15.C4H3S.Fe/c1-8(2)12-7-13(9(3)4)11(6)10(12)5;1-6-7(2)9(4)10(5)8(6)3;1-2-4-5-3-1;/h7-9H,1-6H3;1-5H3;1-3H;/q3*-1;+3. The second-order valence-electron chi connectivity index (χ2n) is 8.14. The van der Waals surface area contributed by atoms with Gasteiger partial charge >= 0.3 is 17.1 Å². The van der Waals surface area contributed by atoms with Crippen molar-refractivity contribution in [2.45, 2.75) is 88.2 Å². The molecule has 0 unspecified atom stereocenters. The summed E-state index contributed by atoms with van der Waals surface area (Å²) < 4.78 is 0. The first-order valence-electron chi connectivity index (χ1n) is 10.2. The minimum absolute atomic E-state index is 0. The minimum Gasteiger partial charge on any atom is -0.504 e. The van der Waals surface area contributed by atoms with E-state index in [1.165, 1.54) is 39.2 Å². The second kappa shape index (κ2) is 12.6. The predicted octanol–water partition coefficient (Wildman–Crippen LogP) is 7.28. The summed E-state index contributed by atoms with van der Waals surface area (Å²) in [4.78, 5) is 4.66. The molecule has 0 fully saturated rings. The van der Waals surface area contributed by atoms with Crippen LogP contribution >= 0.6 is 11.3 Å². The summed E-state index contributed by atoms with van der Waals surface area (Å²) in [5.41, 5.74) is 10.1. The van der Waals surface area contributed by atoms with Crippen LogP contribution in [0.15, 0.2) is 28.9 Å². The van der Waals surface area contributed by atoms with Crippen LogP contribution < -0.4 is 0 Å². The molecule has 0 atom stereocenters. The Morgan fingerprint density at radius 1 is 0.862 bits per heavy atom. The van der Waals surface area contributed by atoms with Gasteiger partial charge < -0.3 is 21.1 Å². The smallest absolute Gasteiger partial charge is 0.504 e. The molecule has 1 radical (unpaired) electrons. The molecule has 1 aliphatic rings. The van der Waals surface area contributed by atoms with E-state index in [9.17, 15) is 0 Å². The fraction of sp³-hybridized carbons (Fsp3) is 0.520. The van der Waals surface area contributed by atoms with Gasteiger partial charge in [0.15, 0.2) is 0 Å². The van der Waals surface area contributed by atoms with Crippen LogP contribution in [0.1, 0.15) is 69.4 Å². The monoisotopic (exact) mass is 455 g/mol. The average Bonchev–Trinajstić information content (AvgIpc) is 3.35. The normalized spacial score (nSPS) is 13.3. The van der Waals surface area contributed by atoms with E-state index < -0.39 is 0 Å². The van der Waals surface area contributed by atoms with Crippen LogP contribution in [-0.4, -0.2) is 21.9 Å². The molecule has 1 aromatic heterocycles. The Bertz CT molecular complexity index is 635. The molecule has 0 N–H and O–H groups in total. The van der Waals surface area contributed by atoms with Gasteiger partial charge in [0.25, 0.3) is 0 Å². The number of thiophene rings is 1. The van der Waals surface area contributed by atoms with Gasteiger partial charge in [-0.05, 0) is 65.0 Å². The van der Waals surface area contributed by atoms with Crippen molar-refractivity contribution in [1.82, 2.24) is 9.80 Å². The average molecular weight is 456 g/mol. The largest absolute Gasteiger partial charge is 3.00 e. The number of hydrogen-bond acceptors (Lipinski definition) is 3. The van der Waals surface area contributed by atoms with Crippen LogP contribution in [0.25, 0.3) is 0 Å². The summed E-state index contributed by atoms with van der Waals surface area (Å²) >= 11 is 1.59. The fourth-order valence-electron chi connectivity index (χ4n) is 3.32. The molecule has 2 aromatic rings. The SMILES string of the molecule is CC1=C(C)N(C(C)C)[CH-]N1C(C)C.Cc1c(C)c(C)[c-](C)c1C.[Fe+3].[c-]1cccs1. The van der Waals surface area contributed by atoms with E-state index in [0.717, 1.165) is 0 Å². The van der Waals surface area contributed by atoms with E-state index in [1.54, 1.807) is 11.3 Å². The molecule has 1 aliphatic heterocycles. The zero-order chi connectivity index (χ0) is 21.6. The number of allylic oxidation sites excluding steroid dienone is 2. The van der Waals surface area contributed by atoms with Crippen molar-refractivity contribution in [3.63, 3.8) is 0 Å². The molecule has 0 saturated heterocycles. The van der Waals surface area contributed by atoms with Crippen LogP contribution in [0.3, 0.4) is 0 Å². The maximum absolute atomic E-state index is 2.90. The third kappa shape index (κ3) is 7.27. The van der Waals surface area contributed by atoms with Gasteiger partial charge in [-0.25, -0.2) is 6.07 Å². The Morgan fingerprint density at radius 3 is 1.41 bits per heavy atom. The van der Waals surface area contributed by atoms with Crippen molar-refractivity contribution in [2.24, 2.45) is 0 Å². The minimum atomic E-state index is 0. The first-order valence-corrected chi connectivity index (χ1v) is 11.1. The zero-order valence-electron chi connectivity index (χ0n) is 20.1. The summed E-state index contributed by atoms with van der Waals surface area (Å²) in [6.07, 6.45) is 0. The molecule has 2 heterocycles. The zero-order valence-corrected chi connectivity index (χ0v) is 22.0. The number of hydrogen-bond donors (Lipinski definition) is 0. The van der Waals surface area contributed by atoms with Crippen molar-refractivity contribution in [3.8, 4) is 0 Å². The third-order valence-corrected chi connectivity index (χ3v) is 6.42. The fourth-order valence-corrected chi connectivity index (χ4v) is 3.72. The van der Waals surface area contributed by atoms with Crippen LogP contribution in [0, 0.1) is 46.7 Å². The summed E-state index contributed by atoms with van der Waals surface area (Å²) in [5.74, 6) is 0. The summed E-state index contributed by atoms with van der Waals surface area (Å²) in [7, 11) is 0. The van der Waals surface area contributed by atoms with E-state index in [2.05, 4.69) is 98.0 Å². The number of nitrogens with zero attached hydrogens (tertiary/aromatic N) is 2. The molecule has 4 heteroatoms. The molecule has 0 amide bonds. The molecule has 163 valence electrons. The third-order valence-electron chi connectivity index (χ3n) is 5.85. The molecular weight excluding hydrogens is 416 g/mol. The summed E-state index contributed by atoms with van der Waals surface area (Å²) in [6, 6.07) is 4.97. The van der Waals surface area contributed by atoms with Gasteiger partial charge in [0.05, 0.1) is 0 Å². The Kier molecular flexibility index (Phi) is 12.1. The molecule has 29 heavy (non-hydrogen) atoms. The Hall–Kier alpha value is -1.09. The van der Waals surface area contributed by atoms with Gasteiger partial charge in [-0.15, -0.1) is 5.38 Å². The quantitative estimate of drug-likeness (QED) is 0.347. The Morgan fingerprint density at radius 2 is 1.28 bits per heavy atom. The molecule has 3 rings (SSSR count). The molecule has 2 nitrogen and oxygen atoms in total. The molecule has 0 saturated carbocycles. The van der Waals surface area contributed by atoms with Crippen molar-refractivity contribution in [3.05, 3.63) is 68.8 Å². The van der Waals surface area contributed by atoms with Crippen LogP contribution in [0.5, 0.6) is 0 Å². The van der Waals surface area contributed by atoms with Crippen molar-refractivity contribution in [2.75, 3.05) is 0 Å². The van der Waals surface area contributed by atoms with Crippen molar-refractivity contribution in [1.29, 1.82) is 0 Å². The molecule has 1 aromatic carbocycles. The van der Waals surface area contributed by atoms with Crippen molar-refractivity contribution < 1.29 is 17.1 Å². The van der Waals surface area contributed by atoms with Crippen LogP contribution in [0.2, 0.25) is 0 Å². The topological polar surface area (TPSA) is 6.48 Å². The van der Waals surface area contributed by atoms with Gasteiger partial charge in [-0.3, -0.25) is 0 Å².